The summed E-state index contributed by atoms with van der Waals surface area (Å²) in [6.45, 7) is 2.20. The molecule has 1 fully saturated rings. The highest BCUT2D eigenvalue weighted by atomic mass is 35.5. The molecule has 90 valence electrons. The molecule has 1 heterocycles. The summed E-state index contributed by atoms with van der Waals surface area (Å²) in [4.78, 5) is 0. The van der Waals surface area contributed by atoms with Crippen molar-refractivity contribution in [2.24, 2.45) is 5.73 Å². The molecule has 0 aliphatic carbocycles. The van der Waals surface area contributed by atoms with Crippen LogP contribution in [0.25, 0.3) is 0 Å². The normalized spacial score (nSPS) is 18.9. The van der Waals surface area contributed by atoms with Crippen molar-refractivity contribution in [3.05, 3.63) is 34.9 Å². The first-order valence-corrected chi connectivity index (χ1v) is 5.69. The van der Waals surface area contributed by atoms with Crippen molar-refractivity contribution in [2.45, 2.75) is 18.3 Å². The lowest BCUT2D eigenvalue weighted by atomic mass is 9.74. The van der Waals surface area contributed by atoms with Gasteiger partial charge in [0.15, 0.2) is 0 Å². The zero-order valence-corrected chi connectivity index (χ0v) is 10.7. The molecular formula is C12H17Cl2NO. The zero-order chi connectivity index (χ0) is 10.7. The molecular weight excluding hydrogens is 245 g/mol. The van der Waals surface area contributed by atoms with E-state index in [9.17, 15) is 0 Å². The van der Waals surface area contributed by atoms with E-state index in [-0.39, 0.29) is 17.8 Å². The second kappa shape index (κ2) is 5.87. The largest absolute Gasteiger partial charge is 0.381 e. The smallest absolute Gasteiger partial charge is 0.0475 e. The highest BCUT2D eigenvalue weighted by Crippen LogP contribution is 2.37. The summed E-state index contributed by atoms with van der Waals surface area (Å²) in [5.41, 5.74) is 7.13. The average molecular weight is 262 g/mol. The molecule has 16 heavy (non-hydrogen) atoms. The molecule has 2 rings (SSSR count). The Balaban J connectivity index is 0.00000128. The SMILES string of the molecule is Cl.NCC1(c2ccccc2Cl)CCOCC1. The van der Waals surface area contributed by atoms with Crippen LogP contribution in [0.5, 0.6) is 0 Å². The van der Waals surface area contributed by atoms with E-state index < -0.39 is 0 Å². The van der Waals surface area contributed by atoms with E-state index in [2.05, 4.69) is 6.07 Å². The number of nitrogens with two attached hydrogens (primary N) is 1. The molecule has 4 heteroatoms. The average Bonchev–Trinajstić information content (AvgIpc) is 2.30. The summed E-state index contributed by atoms with van der Waals surface area (Å²) in [6.07, 6.45) is 1.93. The van der Waals surface area contributed by atoms with Crippen LogP contribution < -0.4 is 5.73 Å². The van der Waals surface area contributed by atoms with E-state index in [0.717, 1.165) is 31.1 Å². The summed E-state index contributed by atoms with van der Waals surface area (Å²) in [6, 6.07) is 7.99. The molecule has 0 amide bonds. The summed E-state index contributed by atoms with van der Waals surface area (Å²) >= 11 is 6.23. The first-order valence-electron chi connectivity index (χ1n) is 5.31. The Morgan fingerprint density at radius 3 is 2.44 bits per heavy atom. The third-order valence-electron chi connectivity index (χ3n) is 3.29. The van der Waals surface area contributed by atoms with Crippen molar-refractivity contribution in [2.75, 3.05) is 19.8 Å². The van der Waals surface area contributed by atoms with Crippen LogP contribution in [-0.4, -0.2) is 19.8 Å². The van der Waals surface area contributed by atoms with Gasteiger partial charge in [0.25, 0.3) is 0 Å². The maximum absolute atomic E-state index is 6.23. The van der Waals surface area contributed by atoms with Gasteiger partial charge < -0.3 is 10.5 Å². The molecule has 1 saturated heterocycles. The van der Waals surface area contributed by atoms with Gasteiger partial charge in [0.05, 0.1) is 0 Å². The number of benzene rings is 1. The first-order chi connectivity index (χ1) is 7.28. The van der Waals surface area contributed by atoms with Crippen LogP contribution in [0, 0.1) is 0 Å². The van der Waals surface area contributed by atoms with Gasteiger partial charge in [0, 0.05) is 30.2 Å². The number of ether oxygens (including phenoxy) is 1. The lowest BCUT2D eigenvalue weighted by molar-refractivity contribution is 0.0530. The summed E-state index contributed by atoms with van der Waals surface area (Å²) in [5, 5.41) is 0.824. The predicted octanol–water partition coefficient (Wildman–Crippen LogP) is 2.77. The Labute approximate surface area is 108 Å². The number of halogens is 2. The molecule has 0 radical (unpaired) electrons. The maximum Gasteiger partial charge on any atom is 0.0475 e. The van der Waals surface area contributed by atoms with Crippen LogP contribution in [0.3, 0.4) is 0 Å². The van der Waals surface area contributed by atoms with Crippen molar-refractivity contribution in [1.82, 2.24) is 0 Å². The molecule has 1 aromatic carbocycles. The minimum absolute atomic E-state index is 0. The summed E-state index contributed by atoms with van der Waals surface area (Å²) in [5.74, 6) is 0. The Morgan fingerprint density at radius 1 is 1.25 bits per heavy atom. The number of rotatable bonds is 2. The van der Waals surface area contributed by atoms with Crippen LogP contribution in [0.2, 0.25) is 5.02 Å². The van der Waals surface area contributed by atoms with Crippen LogP contribution in [0.4, 0.5) is 0 Å². The third-order valence-corrected chi connectivity index (χ3v) is 3.62. The minimum atomic E-state index is 0. The van der Waals surface area contributed by atoms with Crippen LogP contribution in [-0.2, 0) is 10.2 Å². The quantitative estimate of drug-likeness (QED) is 0.889. The van der Waals surface area contributed by atoms with E-state index in [1.54, 1.807) is 0 Å². The molecule has 2 N–H and O–H groups in total. The Kier molecular flexibility index (Phi) is 5.06. The van der Waals surface area contributed by atoms with Crippen molar-refractivity contribution >= 4 is 24.0 Å². The topological polar surface area (TPSA) is 35.2 Å². The molecule has 0 aromatic heterocycles. The van der Waals surface area contributed by atoms with E-state index in [1.807, 2.05) is 18.2 Å². The van der Waals surface area contributed by atoms with E-state index in [4.69, 9.17) is 22.1 Å². The van der Waals surface area contributed by atoms with E-state index in [0.29, 0.717) is 6.54 Å². The fraction of sp³-hybridized carbons (Fsp3) is 0.500. The molecule has 0 spiro atoms. The van der Waals surface area contributed by atoms with Crippen molar-refractivity contribution in [3.8, 4) is 0 Å². The molecule has 1 aliphatic rings. The molecule has 0 saturated carbocycles. The van der Waals surface area contributed by atoms with Crippen LogP contribution in [0.1, 0.15) is 18.4 Å². The van der Waals surface area contributed by atoms with Gasteiger partial charge in [-0.3, -0.25) is 0 Å². The Morgan fingerprint density at radius 2 is 1.88 bits per heavy atom. The fourth-order valence-electron chi connectivity index (χ4n) is 2.24. The van der Waals surface area contributed by atoms with Crippen molar-refractivity contribution in [3.63, 3.8) is 0 Å². The van der Waals surface area contributed by atoms with E-state index in [1.165, 1.54) is 5.56 Å². The van der Waals surface area contributed by atoms with Gasteiger partial charge >= 0.3 is 0 Å². The third kappa shape index (κ3) is 2.51. The molecule has 1 aromatic rings. The van der Waals surface area contributed by atoms with Crippen molar-refractivity contribution < 1.29 is 4.74 Å². The maximum atomic E-state index is 6.23. The van der Waals surface area contributed by atoms with Crippen LogP contribution >= 0.6 is 24.0 Å². The first kappa shape index (κ1) is 13.8. The molecule has 0 atom stereocenters. The van der Waals surface area contributed by atoms with Gasteiger partial charge in [0.1, 0.15) is 0 Å². The van der Waals surface area contributed by atoms with Crippen molar-refractivity contribution in [1.29, 1.82) is 0 Å². The van der Waals surface area contributed by atoms with Gasteiger partial charge in [-0.15, -0.1) is 12.4 Å². The number of hydrogen-bond acceptors (Lipinski definition) is 2. The van der Waals surface area contributed by atoms with Gasteiger partial charge in [-0.1, -0.05) is 29.8 Å². The lowest BCUT2D eigenvalue weighted by Crippen LogP contribution is -2.40. The van der Waals surface area contributed by atoms with Gasteiger partial charge in [-0.2, -0.15) is 0 Å². The molecule has 0 unspecified atom stereocenters. The Bertz CT molecular complexity index is 338. The molecule has 0 bridgehead atoms. The predicted molar refractivity (Wildman–Crippen MR) is 69.5 cm³/mol. The lowest BCUT2D eigenvalue weighted by Gasteiger charge is -2.37. The zero-order valence-electron chi connectivity index (χ0n) is 9.12. The summed E-state index contributed by atoms with van der Waals surface area (Å²) < 4.78 is 5.39. The number of hydrogen-bond donors (Lipinski definition) is 1. The minimum Gasteiger partial charge on any atom is -0.381 e. The van der Waals surface area contributed by atoms with E-state index >= 15 is 0 Å². The molecule has 1 aliphatic heterocycles. The molecule has 2 nitrogen and oxygen atoms in total. The highest BCUT2D eigenvalue weighted by molar-refractivity contribution is 6.31. The highest BCUT2D eigenvalue weighted by Gasteiger charge is 2.34. The second-order valence-corrected chi connectivity index (χ2v) is 4.48. The second-order valence-electron chi connectivity index (χ2n) is 4.08. The Hall–Kier alpha value is -0.280. The van der Waals surface area contributed by atoms with Gasteiger partial charge in [-0.05, 0) is 24.5 Å². The van der Waals surface area contributed by atoms with Gasteiger partial charge in [0.2, 0.25) is 0 Å². The van der Waals surface area contributed by atoms with Crippen LogP contribution in [0.15, 0.2) is 24.3 Å². The summed E-state index contributed by atoms with van der Waals surface area (Å²) in [7, 11) is 0. The standard InChI is InChI=1S/C12H16ClNO.ClH/c13-11-4-2-1-3-10(11)12(9-14)5-7-15-8-6-12;/h1-4H,5-9,14H2;1H. The monoisotopic (exact) mass is 261 g/mol. The van der Waals surface area contributed by atoms with Gasteiger partial charge in [-0.25, -0.2) is 0 Å². The fourth-order valence-corrected chi connectivity index (χ4v) is 2.57.